The molecule has 0 spiro atoms. The highest BCUT2D eigenvalue weighted by Crippen LogP contribution is 2.34. The number of benzene rings is 1. The molecule has 4 N–H and O–H groups in total. The van der Waals surface area contributed by atoms with Gasteiger partial charge in [-0.15, -0.1) is 0 Å². The molecule has 2 aliphatic heterocycles. The zero-order valence-electron chi connectivity index (χ0n) is 16.4. The lowest BCUT2D eigenvalue weighted by atomic mass is 9.92. The first kappa shape index (κ1) is 21.3. The molecule has 1 aromatic rings. The highest BCUT2D eigenvalue weighted by atomic mass is 32.2. The van der Waals surface area contributed by atoms with Crippen molar-refractivity contribution in [2.75, 3.05) is 38.5 Å². The lowest BCUT2D eigenvalue weighted by molar-refractivity contribution is 0.388. The minimum absolute atomic E-state index is 0.0263. The molecule has 1 unspecified atom stereocenters. The van der Waals surface area contributed by atoms with Crippen molar-refractivity contribution in [3.63, 3.8) is 0 Å². The molecule has 2 heterocycles. The minimum Gasteiger partial charge on any atom is -0.496 e. The number of nitrogens with two attached hydrogens (primary N) is 1. The van der Waals surface area contributed by atoms with Gasteiger partial charge in [-0.3, -0.25) is 4.99 Å². The number of rotatable bonds is 7. The summed E-state index contributed by atoms with van der Waals surface area (Å²) in [7, 11) is -5.10. The fraction of sp³-hybridized carbons (Fsp3) is 0.389. The van der Waals surface area contributed by atoms with E-state index in [1.165, 1.54) is 25.5 Å². The Hall–Kier alpha value is -2.37. The summed E-state index contributed by atoms with van der Waals surface area (Å²) >= 11 is 0. The Bertz CT molecular complexity index is 1140. The number of nitrogens with one attached hydrogen (secondary N) is 2. The van der Waals surface area contributed by atoms with Gasteiger partial charge in [0.2, 0.25) is 0 Å². The third-order valence-corrected chi connectivity index (χ3v) is 6.68. The van der Waals surface area contributed by atoms with Gasteiger partial charge in [-0.25, -0.2) is 16.8 Å². The Kier molecular flexibility index (Phi) is 5.50. The smallest absolute Gasteiger partial charge is 0.175 e. The van der Waals surface area contributed by atoms with Crippen molar-refractivity contribution >= 4 is 25.5 Å². The van der Waals surface area contributed by atoms with Gasteiger partial charge in [-0.2, -0.15) is 0 Å². The van der Waals surface area contributed by atoms with E-state index in [0.29, 0.717) is 29.4 Å². The molecule has 0 saturated heterocycles. The Balaban J connectivity index is 2.02. The Morgan fingerprint density at radius 1 is 1.28 bits per heavy atom. The number of nitrogens with zero attached hydrogens (tertiary/aromatic N) is 1. The molecule has 0 fully saturated rings. The van der Waals surface area contributed by atoms with Crippen LogP contribution in [-0.2, 0) is 25.3 Å². The SMILES string of the molecule is COc1cc(S(C)(=O)=O)ccc1C1(N)C=C(NCCS(C)(=O)=O)C2=CCN=C2N1. The van der Waals surface area contributed by atoms with E-state index in [-0.39, 0.29) is 17.2 Å². The molecule has 0 aliphatic carbocycles. The van der Waals surface area contributed by atoms with Gasteiger partial charge in [0.05, 0.1) is 24.3 Å². The zero-order valence-corrected chi connectivity index (χ0v) is 18.0. The third kappa shape index (κ3) is 4.62. The van der Waals surface area contributed by atoms with Gasteiger partial charge in [-0.1, -0.05) is 6.08 Å². The van der Waals surface area contributed by atoms with Crippen LogP contribution >= 0.6 is 0 Å². The van der Waals surface area contributed by atoms with Crippen molar-refractivity contribution in [3.05, 3.63) is 47.2 Å². The highest BCUT2D eigenvalue weighted by Gasteiger charge is 2.37. The topological polar surface area (TPSA) is 140 Å². The van der Waals surface area contributed by atoms with Gasteiger partial charge in [0.25, 0.3) is 0 Å². The number of methoxy groups -OCH3 is 1. The summed E-state index contributed by atoms with van der Waals surface area (Å²) in [6.45, 7) is 0.693. The van der Waals surface area contributed by atoms with E-state index < -0.39 is 25.3 Å². The normalized spacial score (nSPS) is 21.4. The first-order valence-electron chi connectivity index (χ1n) is 8.78. The second kappa shape index (κ2) is 7.47. The largest absolute Gasteiger partial charge is 0.496 e. The van der Waals surface area contributed by atoms with Gasteiger partial charge < -0.3 is 21.1 Å². The number of fused-ring (bicyclic) bond motifs is 1. The van der Waals surface area contributed by atoms with E-state index >= 15 is 0 Å². The van der Waals surface area contributed by atoms with Gasteiger partial charge in [0, 0.05) is 35.9 Å². The van der Waals surface area contributed by atoms with Gasteiger partial charge in [-0.05, 0) is 24.3 Å². The van der Waals surface area contributed by atoms with Crippen LogP contribution in [0, 0.1) is 0 Å². The quantitative estimate of drug-likeness (QED) is 0.524. The fourth-order valence-corrected chi connectivity index (χ4v) is 4.31. The summed E-state index contributed by atoms with van der Waals surface area (Å²) in [5.74, 6) is 0.855. The lowest BCUT2D eigenvalue weighted by Gasteiger charge is -2.36. The molecule has 0 radical (unpaired) electrons. The molecule has 0 bridgehead atoms. The van der Waals surface area contributed by atoms with Gasteiger partial charge in [0.1, 0.15) is 27.1 Å². The van der Waals surface area contributed by atoms with E-state index in [4.69, 9.17) is 10.5 Å². The van der Waals surface area contributed by atoms with Crippen LogP contribution in [-0.4, -0.2) is 61.1 Å². The number of amidine groups is 1. The van der Waals surface area contributed by atoms with Crippen LogP contribution in [0.5, 0.6) is 5.75 Å². The molecule has 1 atom stereocenters. The monoisotopic (exact) mass is 440 g/mol. The number of ether oxygens (including phenoxy) is 1. The average molecular weight is 441 g/mol. The van der Waals surface area contributed by atoms with Gasteiger partial charge in [0.15, 0.2) is 9.84 Å². The molecule has 1 aromatic carbocycles. The molecule has 0 saturated carbocycles. The summed E-state index contributed by atoms with van der Waals surface area (Å²) in [5, 5.41) is 6.30. The number of hydrogen-bond acceptors (Lipinski definition) is 9. The third-order valence-electron chi connectivity index (χ3n) is 4.62. The molecular formula is C18H24N4O5S2. The van der Waals surface area contributed by atoms with Crippen LogP contribution in [0.2, 0.25) is 0 Å². The van der Waals surface area contributed by atoms with Crippen LogP contribution < -0.4 is 21.1 Å². The van der Waals surface area contributed by atoms with E-state index in [9.17, 15) is 16.8 Å². The number of hydrogen-bond donors (Lipinski definition) is 3. The predicted octanol–water partition coefficient (Wildman–Crippen LogP) is -0.330. The van der Waals surface area contributed by atoms with Crippen molar-refractivity contribution < 1.29 is 21.6 Å². The van der Waals surface area contributed by atoms with Crippen LogP contribution in [0.3, 0.4) is 0 Å². The van der Waals surface area contributed by atoms with E-state index in [2.05, 4.69) is 15.6 Å². The van der Waals surface area contributed by atoms with Crippen molar-refractivity contribution in [2.45, 2.75) is 10.6 Å². The summed E-state index contributed by atoms with van der Waals surface area (Å²) in [5.41, 5.74) is 7.38. The molecule has 0 amide bonds. The Morgan fingerprint density at radius 2 is 2.00 bits per heavy atom. The molecule has 29 heavy (non-hydrogen) atoms. The summed E-state index contributed by atoms with van der Waals surface area (Å²) < 4.78 is 52.0. The summed E-state index contributed by atoms with van der Waals surface area (Å²) in [4.78, 5) is 4.51. The molecule has 2 aliphatic rings. The maximum absolute atomic E-state index is 11.9. The first-order chi connectivity index (χ1) is 13.4. The predicted molar refractivity (Wildman–Crippen MR) is 111 cm³/mol. The van der Waals surface area contributed by atoms with E-state index in [1.54, 1.807) is 12.1 Å². The van der Waals surface area contributed by atoms with E-state index in [1.807, 2.05) is 6.08 Å². The zero-order chi connectivity index (χ0) is 21.4. The van der Waals surface area contributed by atoms with Crippen molar-refractivity contribution in [1.82, 2.24) is 10.6 Å². The first-order valence-corrected chi connectivity index (χ1v) is 12.7. The minimum atomic E-state index is -3.41. The Morgan fingerprint density at radius 3 is 2.62 bits per heavy atom. The van der Waals surface area contributed by atoms with Crippen LogP contribution in [0.4, 0.5) is 0 Å². The van der Waals surface area contributed by atoms with Crippen molar-refractivity contribution in [2.24, 2.45) is 10.7 Å². The number of sulfone groups is 2. The second-order valence-electron chi connectivity index (χ2n) is 7.05. The average Bonchev–Trinajstić information content (AvgIpc) is 3.07. The summed E-state index contributed by atoms with van der Waals surface area (Å²) in [6.07, 6.45) is 5.93. The summed E-state index contributed by atoms with van der Waals surface area (Å²) in [6, 6.07) is 4.49. The maximum atomic E-state index is 11.9. The fourth-order valence-electron chi connectivity index (χ4n) is 3.20. The maximum Gasteiger partial charge on any atom is 0.175 e. The highest BCUT2D eigenvalue weighted by molar-refractivity contribution is 7.91. The van der Waals surface area contributed by atoms with E-state index in [0.717, 1.165) is 11.8 Å². The van der Waals surface area contributed by atoms with Crippen LogP contribution in [0.15, 0.2) is 51.5 Å². The van der Waals surface area contributed by atoms with Crippen LogP contribution in [0.25, 0.3) is 0 Å². The van der Waals surface area contributed by atoms with Crippen LogP contribution in [0.1, 0.15) is 5.56 Å². The molecular weight excluding hydrogens is 416 g/mol. The van der Waals surface area contributed by atoms with Crippen molar-refractivity contribution in [1.29, 1.82) is 0 Å². The lowest BCUT2D eigenvalue weighted by Crippen LogP contribution is -2.55. The van der Waals surface area contributed by atoms with Gasteiger partial charge >= 0.3 is 0 Å². The second-order valence-corrected chi connectivity index (χ2v) is 11.3. The molecule has 11 heteroatoms. The number of aliphatic imine (C=N–C) groups is 1. The van der Waals surface area contributed by atoms with Crippen molar-refractivity contribution in [3.8, 4) is 5.75 Å². The standard InChI is InChI=1S/C18H24N4O5S2/c1-27-16-10-12(29(3,25)26)4-5-14(16)18(19)11-15(20-8-9-28(2,23)24)13-6-7-21-17(13)22-18/h4-6,10-11,20H,7-9,19H2,1-3H3,(H,21,22). The Labute approximate surface area is 170 Å². The molecule has 3 rings (SSSR count). The molecule has 158 valence electrons. The molecule has 9 nitrogen and oxygen atoms in total. The molecule has 0 aromatic heterocycles.